The van der Waals surface area contributed by atoms with Gasteiger partial charge in [-0.25, -0.2) is 0 Å². The first-order chi connectivity index (χ1) is 8.30. The van der Waals surface area contributed by atoms with Crippen LogP contribution in [-0.4, -0.2) is 24.5 Å². The van der Waals surface area contributed by atoms with E-state index < -0.39 is 0 Å². The molecule has 1 aliphatic heterocycles. The van der Waals surface area contributed by atoms with Crippen LogP contribution in [0.15, 0.2) is 0 Å². The van der Waals surface area contributed by atoms with Crippen LogP contribution in [0.2, 0.25) is 0 Å². The van der Waals surface area contributed by atoms with Crippen molar-refractivity contribution in [2.24, 2.45) is 16.2 Å². The summed E-state index contributed by atoms with van der Waals surface area (Å²) in [4.78, 5) is 2.54. The molecule has 2 heteroatoms. The average molecular weight is 248 g/mol. The third-order valence-electron chi connectivity index (χ3n) is 5.84. The monoisotopic (exact) mass is 248 g/mol. The molecule has 2 rings (SSSR count). The zero-order valence-electron chi connectivity index (χ0n) is 12.6. The topological polar surface area (TPSA) is 27.0 Å². The molecule has 0 N–H and O–H groups in total. The third-order valence-corrected chi connectivity index (χ3v) is 5.84. The highest BCUT2D eigenvalue weighted by Crippen LogP contribution is 2.47. The number of rotatable bonds is 2. The van der Waals surface area contributed by atoms with Gasteiger partial charge in [-0.1, -0.05) is 34.1 Å². The predicted molar refractivity (Wildman–Crippen MR) is 75.1 cm³/mol. The first-order valence-electron chi connectivity index (χ1n) is 7.44. The normalized spacial score (nSPS) is 27.3. The highest BCUT2D eigenvalue weighted by Gasteiger charge is 2.43. The molecule has 0 amide bonds. The van der Waals surface area contributed by atoms with Crippen molar-refractivity contribution >= 4 is 0 Å². The van der Waals surface area contributed by atoms with Crippen LogP contribution < -0.4 is 0 Å². The van der Waals surface area contributed by atoms with E-state index in [2.05, 4.69) is 38.7 Å². The predicted octanol–water partition coefficient (Wildman–Crippen LogP) is 3.83. The SMILES string of the molecule is CC(C)(C)C1(C)CCN(CC2(C#N)CCC2)CC1. The van der Waals surface area contributed by atoms with Crippen molar-refractivity contribution in [3.63, 3.8) is 0 Å². The molecular formula is C16H28N2. The minimum Gasteiger partial charge on any atom is -0.302 e. The van der Waals surface area contributed by atoms with Crippen LogP contribution in [0.25, 0.3) is 0 Å². The van der Waals surface area contributed by atoms with Gasteiger partial charge in [0.05, 0.1) is 11.5 Å². The Balaban J connectivity index is 1.90. The van der Waals surface area contributed by atoms with Crippen LogP contribution in [0.4, 0.5) is 0 Å². The molecule has 1 heterocycles. The molecule has 0 aromatic carbocycles. The summed E-state index contributed by atoms with van der Waals surface area (Å²) in [5, 5.41) is 9.32. The van der Waals surface area contributed by atoms with E-state index in [1.165, 1.54) is 32.4 Å². The lowest BCUT2D eigenvalue weighted by Gasteiger charge is -2.49. The maximum absolute atomic E-state index is 9.32. The number of nitrogens with zero attached hydrogens (tertiary/aromatic N) is 2. The first kappa shape index (κ1) is 13.9. The van der Waals surface area contributed by atoms with Gasteiger partial charge in [0, 0.05) is 6.54 Å². The summed E-state index contributed by atoms with van der Waals surface area (Å²) in [7, 11) is 0. The van der Waals surface area contributed by atoms with Crippen molar-refractivity contribution in [2.45, 2.75) is 59.8 Å². The Hall–Kier alpha value is -0.550. The molecule has 1 saturated carbocycles. The van der Waals surface area contributed by atoms with Crippen molar-refractivity contribution < 1.29 is 0 Å². The van der Waals surface area contributed by atoms with Crippen molar-refractivity contribution in [1.82, 2.24) is 4.90 Å². The highest BCUT2D eigenvalue weighted by molar-refractivity contribution is 5.07. The van der Waals surface area contributed by atoms with Gasteiger partial charge in [-0.15, -0.1) is 0 Å². The fraction of sp³-hybridized carbons (Fsp3) is 0.938. The molecule has 18 heavy (non-hydrogen) atoms. The molecule has 1 aliphatic carbocycles. The zero-order chi connectivity index (χ0) is 13.4. The second-order valence-corrected chi connectivity index (χ2v) is 7.83. The average Bonchev–Trinajstić information content (AvgIpc) is 2.25. The fourth-order valence-electron chi connectivity index (χ4n) is 3.29. The van der Waals surface area contributed by atoms with Gasteiger partial charge < -0.3 is 4.90 Å². The zero-order valence-corrected chi connectivity index (χ0v) is 12.6. The van der Waals surface area contributed by atoms with E-state index in [0.717, 1.165) is 19.4 Å². The summed E-state index contributed by atoms with van der Waals surface area (Å²) in [5.74, 6) is 0. The van der Waals surface area contributed by atoms with E-state index in [-0.39, 0.29) is 5.41 Å². The van der Waals surface area contributed by atoms with Gasteiger partial charge in [0.1, 0.15) is 0 Å². The lowest BCUT2D eigenvalue weighted by Crippen LogP contribution is -2.49. The standard InChI is InChI=1S/C16H28N2/c1-14(2,3)15(4)8-10-18(11-9-15)13-16(12-17)6-5-7-16/h5-11,13H2,1-4H3. The molecule has 0 spiro atoms. The molecule has 1 saturated heterocycles. The van der Waals surface area contributed by atoms with Gasteiger partial charge in [0.2, 0.25) is 0 Å². The Labute approximate surface area is 112 Å². The second-order valence-electron chi connectivity index (χ2n) is 7.83. The number of piperidine rings is 1. The van der Waals surface area contributed by atoms with Crippen LogP contribution >= 0.6 is 0 Å². The van der Waals surface area contributed by atoms with Crippen LogP contribution in [0.3, 0.4) is 0 Å². The molecule has 2 nitrogen and oxygen atoms in total. The van der Waals surface area contributed by atoms with E-state index in [9.17, 15) is 5.26 Å². The summed E-state index contributed by atoms with van der Waals surface area (Å²) < 4.78 is 0. The third kappa shape index (κ3) is 2.43. The van der Waals surface area contributed by atoms with Gasteiger partial charge in [0.15, 0.2) is 0 Å². The first-order valence-corrected chi connectivity index (χ1v) is 7.44. The summed E-state index contributed by atoms with van der Waals surface area (Å²) in [6.45, 7) is 12.9. The minimum absolute atomic E-state index is 0.00940. The van der Waals surface area contributed by atoms with E-state index >= 15 is 0 Å². The van der Waals surface area contributed by atoms with Gasteiger partial charge in [0.25, 0.3) is 0 Å². The molecule has 102 valence electrons. The van der Waals surface area contributed by atoms with Crippen LogP contribution in [0.1, 0.15) is 59.8 Å². The number of hydrogen-bond acceptors (Lipinski definition) is 2. The molecule has 0 aromatic heterocycles. The van der Waals surface area contributed by atoms with E-state index in [1.54, 1.807) is 0 Å². The highest BCUT2D eigenvalue weighted by atomic mass is 15.1. The number of hydrogen-bond donors (Lipinski definition) is 0. The van der Waals surface area contributed by atoms with E-state index in [4.69, 9.17) is 0 Å². The fourth-order valence-corrected chi connectivity index (χ4v) is 3.29. The second kappa shape index (κ2) is 4.53. The number of likely N-dealkylation sites (tertiary alicyclic amines) is 1. The lowest BCUT2D eigenvalue weighted by atomic mass is 9.62. The quantitative estimate of drug-likeness (QED) is 0.742. The van der Waals surface area contributed by atoms with Crippen molar-refractivity contribution in [1.29, 1.82) is 5.26 Å². The molecule has 0 atom stereocenters. The molecule has 0 aromatic rings. The molecule has 0 bridgehead atoms. The molecule has 2 aliphatic rings. The summed E-state index contributed by atoms with van der Waals surface area (Å²) in [6.07, 6.45) is 6.05. The Bertz CT molecular complexity index is 333. The maximum atomic E-state index is 9.32. The summed E-state index contributed by atoms with van der Waals surface area (Å²) in [6, 6.07) is 2.57. The smallest absolute Gasteiger partial charge is 0.0703 e. The van der Waals surface area contributed by atoms with Gasteiger partial charge in [-0.05, 0) is 49.6 Å². The van der Waals surface area contributed by atoms with Crippen molar-refractivity contribution in [3.8, 4) is 6.07 Å². The van der Waals surface area contributed by atoms with Gasteiger partial charge in [-0.2, -0.15) is 5.26 Å². The lowest BCUT2D eigenvalue weighted by molar-refractivity contribution is 0.00372. The van der Waals surface area contributed by atoms with Crippen LogP contribution in [-0.2, 0) is 0 Å². The Kier molecular flexibility index (Phi) is 3.49. The minimum atomic E-state index is 0.00940. The van der Waals surface area contributed by atoms with E-state index in [1.807, 2.05) is 0 Å². The Morgan fingerprint density at radius 1 is 1.11 bits per heavy atom. The number of nitriles is 1. The van der Waals surface area contributed by atoms with Gasteiger partial charge >= 0.3 is 0 Å². The van der Waals surface area contributed by atoms with Crippen LogP contribution in [0.5, 0.6) is 0 Å². The Morgan fingerprint density at radius 2 is 1.67 bits per heavy atom. The molecule has 0 unspecified atom stereocenters. The van der Waals surface area contributed by atoms with Gasteiger partial charge in [-0.3, -0.25) is 0 Å². The summed E-state index contributed by atoms with van der Waals surface area (Å²) >= 11 is 0. The largest absolute Gasteiger partial charge is 0.302 e. The van der Waals surface area contributed by atoms with Crippen molar-refractivity contribution in [2.75, 3.05) is 19.6 Å². The van der Waals surface area contributed by atoms with Crippen LogP contribution in [0, 0.1) is 27.6 Å². The van der Waals surface area contributed by atoms with Crippen molar-refractivity contribution in [3.05, 3.63) is 0 Å². The molecular weight excluding hydrogens is 220 g/mol. The summed E-state index contributed by atoms with van der Waals surface area (Å²) in [5.41, 5.74) is 0.862. The maximum Gasteiger partial charge on any atom is 0.0703 e. The molecule has 0 radical (unpaired) electrons. The Morgan fingerprint density at radius 3 is 2.00 bits per heavy atom. The molecule has 2 fully saturated rings. The van der Waals surface area contributed by atoms with E-state index in [0.29, 0.717) is 10.8 Å².